The minimum Gasteiger partial charge on any atom is -0.494 e. The van der Waals surface area contributed by atoms with Gasteiger partial charge in [-0.05, 0) is 13.8 Å². The second-order valence-corrected chi connectivity index (χ2v) is 3.52. The number of carbonyl (C=O) groups is 1. The summed E-state index contributed by atoms with van der Waals surface area (Å²) >= 11 is 0. The van der Waals surface area contributed by atoms with E-state index in [1.54, 1.807) is 4.90 Å². The average molecular weight is 215 g/mol. The molecule has 0 aromatic rings. The number of hydrogen-bond acceptors (Lipinski definition) is 4. The Bertz CT molecular complexity index is 250. The third-order valence-corrected chi connectivity index (χ3v) is 2.09. The molecular weight excluding hydrogens is 198 g/mol. The largest absolute Gasteiger partial charge is 0.494 e. The van der Waals surface area contributed by atoms with Crippen LogP contribution in [0.15, 0.2) is 12.0 Å². The van der Waals surface area contributed by atoms with E-state index in [1.807, 2.05) is 13.8 Å². The molecule has 0 spiro atoms. The van der Waals surface area contributed by atoms with Gasteiger partial charge in [-0.2, -0.15) is 0 Å². The highest BCUT2D eigenvalue weighted by molar-refractivity contribution is 5.91. The minimum absolute atomic E-state index is 0.0241. The highest BCUT2D eigenvalue weighted by atomic mass is 16.6. The molecule has 0 saturated heterocycles. The van der Waals surface area contributed by atoms with Crippen molar-refractivity contribution in [2.24, 2.45) is 0 Å². The average Bonchev–Trinajstić information content (AvgIpc) is 2.26. The molecule has 0 fully saturated rings. The normalized spacial score (nSPS) is 15.3. The summed E-state index contributed by atoms with van der Waals surface area (Å²) in [4.78, 5) is 13.4. The van der Waals surface area contributed by atoms with Crippen molar-refractivity contribution in [2.75, 3.05) is 26.4 Å². The van der Waals surface area contributed by atoms with Crippen molar-refractivity contribution in [3.8, 4) is 0 Å². The van der Waals surface area contributed by atoms with Crippen LogP contribution in [0, 0.1) is 0 Å². The van der Waals surface area contributed by atoms with E-state index >= 15 is 0 Å². The highest BCUT2D eigenvalue weighted by Gasteiger charge is 2.23. The number of nitrogens with zero attached hydrogens (tertiary/aromatic N) is 1. The number of hydrogen-bond donors (Lipinski definition) is 1. The Kier molecular flexibility index (Phi) is 4.42. The van der Waals surface area contributed by atoms with Crippen LogP contribution in [-0.4, -0.2) is 48.3 Å². The van der Waals surface area contributed by atoms with E-state index in [-0.39, 0.29) is 24.3 Å². The first-order chi connectivity index (χ1) is 7.16. The smallest absolute Gasteiger partial charge is 0.292 e. The standard InChI is InChI=1S/C10H17NO4/c1-8(2)11(3-4-12)10(13)9-7-14-5-6-15-9/h7-8,12H,3-6H2,1-2H3. The van der Waals surface area contributed by atoms with Crippen molar-refractivity contribution >= 4 is 5.91 Å². The third kappa shape index (κ3) is 3.13. The van der Waals surface area contributed by atoms with Crippen LogP contribution in [0.4, 0.5) is 0 Å². The summed E-state index contributed by atoms with van der Waals surface area (Å²) in [5.74, 6) is -0.0258. The number of aliphatic hydroxyl groups excluding tert-OH is 1. The van der Waals surface area contributed by atoms with Gasteiger partial charge in [0.1, 0.15) is 19.5 Å². The van der Waals surface area contributed by atoms with Gasteiger partial charge < -0.3 is 19.5 Å². The monoisotopic (exact) mass is 215 g/mol. The van der Waals surface area contributed by atoms with Crippen LogP contribution < -0.4 is 0 Å². The molecule has 0 unspecified atom stereocenters. The Labute approximate surface area is 89.3 Å². The summed E-state index contributed by atoms with van der Waals surface area (Å²) in [5.41, 5.74) is 0. The summed E-state index contributed by atoms with van der Waals surface area (Å²) in [6.45, 7) is 4.88. The molecule has 0 saturated carbocycles. The SMILES string of the molecule is CC(C)N(CCO)C(=O)C1=COCCO1. The van der Waals surface area contributed by atoms with Gasteiger partial charge in [-0.1, -0.05) is 0 Å². The van der Waals surface area contributed by atoms with E-state index in [9.17, 15) is 4.79 Å². The number of aliphatic hydroxyl groups is 1. The lowest BCUT2D eigenvalue weighted by molar-refractivity contribution is -0.134. The molecule has 0 radical (unpaired) electrons. The molecule has 5 heteroatoms. The molecule has 5 nitrogen and oxygen atoms in total. The lowest BCUT2D eigenvalue weighted by atomic mass is 10.3. The summed E-state index contributed by atoms with van der Waals surface area (Å²) < 4.78 is 10.2. The maximum absolute atomic E-state index is 11.9. The van der Waals surface area contributed by atoms with Gasteiger partial charge in [-0.3, -0.25) is 4.79 Å². The molecule has 1 amide bonds. The molecule has 0 atom stereocenters. The Morgan fingerprint density at radius 3 is 2.80 bits per heavy atom. The maximum atomic E-state index is 11.9. The molecule has 0 aliphatic carbocycles. The summed E-state index contributed by atoms with van der Waals surface area (Å²) in [6.07, 6.45) is 1.33. The van der Waals surface area contributed by atoms with Crippen molar-refractivity contribution in [1.29, 1.82) is 0 Å². The number of ether oxygens (including phenoxy) is 2. The molecule has 0 aromatic carbocycles. The van der Waals surface area contributed by atoms with Crippen LogP contribution in [0.3, 0.4) is 0 Å². The van der Waals surface area contributed by atoms with Gasteiger partial charge in [0.15, 0.2) is 0 Å². The van der Waals surface area contributed by atoms with E-state index in [4.69, 9.17) is 14.6 Å². The Hall–Kier alpha value is -1.23. The van der Waals surface area contributed by atoms with E-state index in [0.717, 1.165) is 0 Å². The molecule has 1 rings (SSSR count). The molecule has 0 aromatic heterocycles. The fourth-order valence-electron chi connectivity index (χ4n) is 1.32. The lowest BCUT2D eigenvalue weighted by Crippen LogP contribution is -2.40. The summed E-state index contributed by atoms with van der Waals surface area (Å²) in [7, 11) is 0. The van der Waals surface area contributed by atoms with E-state index in [1.165, 1.54) is 6.26 Å². The van der Waals surface area contributed by atoms with Gasteiger partial charge in [0.2, 0.25) is 5.76 Å². The van der Waals surface area contributed by atoms with Gasteiger partial charge in [0.25, 0.3) is 5.91 Å². The molecule has 15 heavy (non-hydrogen) atoms. The third-order valence-electron chi connectivity index (χ3n) is 2.09. The molecule has 1 heterocycles. The van der Waals surface area contributed by atoms with Crippen molar-refractivity contribution in [3.05, 3.63) is 12.0 Å². The predicted molar refractivity (Wildman–Crippen MR) is 53.9 cm³/mol. The fourth-order valence-corrected chi connectivity index (χ4v) is 1.32. The van der Waals surface area contributed by atoms with E-state index in [0.29, 0.717) is 19.8 Å². The zero-order valence-electron chi connectivity index (χ0n) is 9.10. The van der Waals surface area contributed by atoms with Gasteiger partial charge in [-0.25, -0.2) is 0 Å². The van der Waals surface area contributed by atoms with Crippen molar-refractivity contribution in [1.82, 2.24) is 4.90 Å². The van der Waals surface area contributed by atoms with Crippen molar-refractivity contribution < 1.29 is 19.4 Å². The van der Waals surface area contributed by atoms with Gasteiger partial charge in [-0.15, -0.1) is 0 Å². The quantitative estimate of drug-likeness (QED) is 0.722. The van der Waals surface area contributed by atoms with Crippen LogP contribution in [0.2, 0.25) is 0 Å². The zero-order chi connectivity index (χ0) is 11.3. The van der Waals surface area contributed by atoms with Gasteiger partial charge in [0.05, 0.1) is 6.61 Å². The maximum Gasteiger partial charge on any atom is 0.292 e. The van der Waals surface area contributed by atoms with E-state index in [2.05, 4.69) is 0 Å². The predicted octanol–water partition coefficient (Wildman–Crippen LogP) is 0.104. The molecular formula is C10H17NO4. The Morgan fingerprint density at radius 2 is 2.33 bits per heavy atom. The summed E-state index contributed by atoms with van der Waals surface area (Å²) in [6, 6.07) is 0.0241. The molecule has 1 N–H and O–H groups in total. The zero-order valence-corrected chi connectivity index (χ0v) is 9.10. The first-order valence-corrected chi connectivity index (χ1v) is 5.03. The first-order valence-electron chi connectivity index (χ1n) is 5.03. The first kappa shape index (κ1) is 11.8. The number of amides is 1. The van der Waals surface area contributed by atoms with Crippen LogP contribution in [0.25, 0.3) is 0 Å². The van der Waals surface area contributed by atoms with Crippen LogP contribution >= 0.6 is 0 Å². The summed E-state index contributed by atoms with van der Waals surface area (Å²) in [5, 5.41) is 8.85. The van der Waals surface area contributed by atoms with E-state index < -0.39 is 0 Å². The second kappa shape index (κ2) is 5.60. The van der Waals surface area contributed by atoms with Gasteiger partial charge in [0, 0.05) is 12.6 Å². The van der Waals surface area contributed by atoms with Gasteiger partial charge >= 0.3 is 0 Å². The van der Waals surface area contributed by atoms with Crippen molar-refractivity contribution in [2.45, 2.75) is 19.9 Å². The van der Waals surface area contributed by atoms with Crippen LogP contribution in [0.1, 0.15) is 13.8 Å². The molecule has 1 aliphatic heterocycles. The fraction of sp³-hybridized carbons (Fsp3) is 0.700. The highest BCUT2D eigenvalue weighted by Crippen LogP contribution is 2.10. The Morgan fingerprint density at radius 1 is 1.60 bits per heavy atom. The van der Waals surface area contributed by atoms with Crippen LogP contribution in [-0.2, 0) is 14.3 Å². The Balaban J connectivity index is 2.66. The number of carbonyl (C=O) groups excluding carboxylic acids is 1. The molecule has 0 bridgehead atoms. The second-order valence-electron chi connectivity index (χ2n) is 3.52. The molecule has 1 aliphatic rings. The topological polar surface area (TPSA) is 59.0 Å². The number of rotatable bonds is 4. The molecule has 86 valence electrons. The van der Waals surface area contributed by atoms with Crippen molar-refractivity contribution in [3.63, 3.8) is 0 Å². The lowest BCUT2D eigenvalue weighted by Gasteiger charge is -2.27. The minimum atomic E-state index is -0.237. The van der Waals surface area contributed by atoms with Crippen LogP contribution in [0.5, 0.6) is 0 Å².